The number of amides is 1. The number of nitrogens with one attached hydrogen (secondary N) is 1. The first-order valence-corrected chi connectivity index (χ1v) is 6.08. The van der Waals surface area contributed by atoms with Crippen LogP contribution in [0.2, 0.25) is 0 Å². The summed E-state index contributed by atoms with van der Waals surface area (Å²) in [5.74, 6) is -0.882. The lowest BCUT2D eigenvalue weighted by atomic mass is 9.83. The second kappa shape index (κ2) is 4.29. The van der Waals surface area contributed by atoms with Gasteiger partial charge in [0, 0.05) is 13.2 Å². The molecule has 0 aromatic rings. The van der Waals surface area contributed by atoms with Crippen LogP contribution in [0.4, 0.5) is 0 Å². The molecule has 0 radical (unpaired) electrons. The third-order valence-corrected chi connectivity index (χ3v) is 3.88. The molecule has 96 valence electrons. The lowest BCUT2D eigenvalue weighted by Gasteiger charge is -2.32. The quantitative estimate of drug-likeness (QED) is 0.762. The first-order valence-electron chi connectivity index (χ1n) is 6.08. The van der Waals surface area contributed by atoms with Crippen molar-refractivity contribution >= 4 is 11.9 Å². The number of rotatable bonds is 4. The molecule has 1 heterocycles. The maximum absolute atomic E-state index is 12.0. The molecule has 1 saturated carbocycles. The van der Waals surface area contributed by atoms with Gasteiger partial charge in [-0.3, -0.25) is 9.59 Å². The Bertz CT molecular complexity index is 329. The van der Waals surface area contributed by atoms with Crippen molar-refractivity contribution in [2.45, 2.75) is 32.6 Å². The van der Waals surface area contributed by atoms with Crippen molar-refractivity contribution in [3.8, 4) is 0 Å². The molecule has 1 unspecified atom stereocenters. The van der Waals surface area contributed by atoms with Crippen LogP contribution in [-0.4, -0.2) is 36.7 Å². The largest absolute Gasteiger partial charge is 0.481 e. The molecule has 0 spiro atoms. The highest BCUT2D eigenvalue weighted by molar-refractivity contribution is 5.84. The van der Waals surface area contributed by atoms with Crippen LogP contribution < -0.4 is 5.32 Å². The molecular formula is C12H19NO4. The van der Waals surface area contributed by atoms with Gasteiger partial charge in [-0.05, 0) is 32.6 Å². The van der Waals surface area contributed by atoms with Gasteiger partial charge in [0.15, 0.2) is 0 Å². The lowest BCUT2D eigenvalue weighted by molar-refractivity contribution is -0.144. The van der Waals surface area contributed by atoms with Gasteiger partial charge < -0.3 is 15.2 Å². The van der Waals surface area contributed by atoms with E-state index in [1.165, 1.54) is 0 Å². The van der Waals surface area contributed by atoms with E-state index in [1.807, 2.05) is 6.92 Å². The fourth-order valence-electron chi connectivity index (χ4n) is 2.19. The number of carboxylic acid groups (broad SMARTS) is 1. The lowest BCUT2D eigenvalue weighted by Crippen LogP contribution is -2.46. The fourth-order valence-corrected chi connectivity index (χ4v) is 2.19. The van der Waals surface area contributed by atoms with Gasteiger partial charge in [-0.25, -0.2) is 0 Å². The van der Waals surface area contributed by atoms with Crippen molar-refractivity contribution in [1.29, 1.82) is 0 Å². The molecule has 2 fully saturated rings. The summed E-state index contributed by atoms with van der Waals surface area (Å²) < 4.78 is 5.32. The summed E-state index contributed by atoms with van der Waals surface area (Å²) in [6.07, 6.45) is 3.01. The van der Waals surface area contributed by atoms with Gasteiger partial charge >= 0.3 is 5.97 Å². The highest BCUT2D eigenvalue weighted by Gasteiger charge is 2.51. The first kappa shape index (κ1) is 12.4. The highest BCUT2D eigenvalue weighted by atomic mass is 16.5. The van der Waals surface area contributed by atoms with Gasteiger partial charge in [0.1, 0.15) is 0 Å². The summed E-state index contributed by atoms with van der Waals surface area (Å²) in [7, 11) is 0. The number of carboxylic acids is 1. The molecular weight excluding hydrogens is 222 g/mol. The van der Waals surface area contributed by atoms with Crippen LogP contribution >= 0.6 is 0 Å². The molecule has 5 nitrogen and oxygen atoms in total. The molecule has 1 aliphatic heterocycles. The summed E-state index contributed by atoms with van der Waals surface area (Å²) in [5.41, 5.74) is -1.19. The van der Waals surface area contributed by atoms with Crippen molar-refractivity contribution in [3.05, 3.63) is 0 Å². The Hall–Kier alpha value is -1.10. The van der Waals surface area contributed by atoms with Gasteiger partial charge in [0.2, 0.25) is 5.91 Å². The molecule has 1 amide bonds. The minimum absolute atomic E-state index is 0.0790. The van der Waals surface area contributed by atoms with Crippen LogP contribution in [0.5, 0.6) is 0 Å². The molecule has 2 N–H and O–H groups in total. The second-order valence-corrected chi connectivity index (χ2v) is 5.48. The summed E-state index contributed by atoms with van der Waals surface area (Å²) in [6, 6.07) is 0. The third kappa shape index (κ3) is 2.44. The highest BCUT2D eigenvalue weighted by Crippen LogP contribution is 2.45. The summed E-state index contributed by atoms with van der Waals surface area (Å²) >= 11 is 0. The van der Waals surface area contributed by atoms with Crippen molar-refractivity contribution in [2.24, 2.45) is 10.8 Å². The molecule has 2 aliphatic rings. The minimum atomic E-state index is -0.803. The summed E-state index contributed by atoms with van der Waals surface area (Å²) in [6.45, 7) is 3.26. The molecule has 1 aliphatic carbocycles. The maximum Gasteiger partial charge on any atom is 0.311 e. The SMILES string of the molecule is CC1(C(=O)NCC2(C(=O)O)CC2)CCCOC1. The molecule has 0 bridgehead atoms. The van der Waals surface area contributed by atoms with Crippen molar-refractivity contribution in [3.63, 3.8) is 0 Å². The number of carbonyl (C=O) groups is 2. The number of carbonyl (C=O) groups excluding carboxylic acids is 1. The van der Waals surface area contributed by atoms with E-state index < -0.39 is 16.8 Å². The molecule has 5 heteroatoms. The second-order valence-electron chi connectivity index (χ2n) is 5.48. The molecule has 1 saturated heterocycles. The average Bonchev–Trinajstić information content (AvgIpc) is 3.08. The van der Waals surface area contributed by atoms with Crippen LogP contribution in [0.25, 0.3) is 0 Å². The van der Waals surface area contributed by atoms with E-state index in [2.05, 4.69) is 5.32 Å². The minimum Gasteiger partial charge on any atom is -0.481 e. The Morgan fingerprint density at radius 3 is 2.53 bits per heavy atom. The first-order chi connectivity index (χ1) is 7.99. The van der Waals surface area contributed by atoms with E-state index >= 15 is 0 Å². The summed E-state index contributed by atoms with van der Waals surface area (Å²) in [5, 5.41) is 11.8. The molecule has 17 heavy (non-hydrogen) atoms. The van der Waals surface area contributed by atoms with Gasteiger partial charge in [-0.1, -0.05) is 0 Å². The number of hydrogen-bond acceptors (Lipinski definition) is 3. The van der Waals surface area contributed by atoms with E-state index in [4.69, 9.17) is 9.84 Å². The van der Waals surface area contributed by atoms with E-state index in [1.54, 1.807) is 0 Å². The third-order valence-electron chi connectivity index (χ3n) is 3.88. The van der Waals surface area contributed by atoms with E-state index in [-0.39, 0.29) is 12.5 Å². The fraction of sp³-hybridized carbons (Fsp3) is 0.833. The van der Waals surface area contributed by atoms with Gasteiger partial charge in [-0.2, -0.15) is 0 Å². The zero-order valence-electron chi connectivity index (χ0n) is 10.1. The number of hydrogen-bond donors (Lipinski definition) is 2. The zero-order chi connectivity index (χ0) is 12.5. The van der Waals surface area contributed by atoms with Gasteiger partial charge in [-0.15, -0.1) is 0 Å². The molecule has 0 aromatic heterocycles. The Morgan fingerprint density at radius 1 is 1.35 bits per heavy atom. The Morgan fingerprint density at radius 2 is 2.06 bits per heavy atom. The molecule has 2 rings (SSSR count). The van der Waals surface area contributed by atoms with Crippen LogP contribution in [0.1, 0.15) is 32.6 Å². The summed E-state index contributed by atoms with van der Waals surface area (Å²) in [4.78, 5) is 23.0. The Balaban J connectivity index is 1.87. The van der Waals surface area contributed by atoms with Crippen molar-refractivity contribution < 1.29 is 19.4 Å². The Kier molecular flexibility index (Phi) is 3.12. The van der Waals surface area contributed by atoms with E-state index in [0.29, 0.717) is 26.1 Å². The van der Waals surface area contributed by atoms with Crippen LogP contribution in [-0.2, 0) is 14.3 Å². The zero-order valence-corrected chi connectivity index (χ0v) is 10.1. The van der Waals surface area contributed by atoms with Gasteiger partial charge in [0.05, 0.1) is 17.4 Å². The topological polar surface area (TPSA) is 75.6 Å². The predicted octanol–water partition coefficient (Wildman–Crippen LogP) is 0.784. The number of aliphatic carboxylic acids is 1. The number of ether oxygens (including phenoxy) is 1. The smallest absolute Gasteiger partial charge is 0.311 e. The van der Waals surface area contributed by atoms with Crippen molar-refractivity contribution in [1.82, 2.24) is 5.32 Å². The van der Waals surface area contributed by atoms with Crippen LogP contribution in [0, 0.1) is 10.8 Å². The van der Waals surface area contributed by atoms with Gasteiger partial charge in [0.25, 0.3) is 0 Å². The standard InChI is InChI=1S/C12H19NO4/c1-11(3-2-6-17-8-11)9(14)13-7-12(4-5-12)10(15)16/h2-8H2,1H3,(H,13,14)(H,15,16). The maximum atomic E-state index is 12.0. The van der Waals surface area contributed by atoms with E-state index in [9.17, 15) is 9.59 Å². The molecule has 1 atom stereocenters. The predicted molar refractivity (Wildman–Crippen MR) is 60.5 cm³/mol. The van der Waals surface area contributed by atoms with Crippen LogP contribution in [0.15, 0.2) is 0 Å². The normalized spacial score (nSPS) is 30.6. The van der Waals surface area contributed by atoms with Crippen LogP contribution in [0.3, 0.4) is 0 Å². The van der Waals surface area contributed by atoms with E-state index in [0.717, 1.165) is 12.8 Å². The molecule has 0 aromatic carbocycles. The monoisotopic (exact) mass is 241 g/mol. The van der Waals surface area contributed by atoms with Crippen molar-refractivity contribution in [2.75, 3.05) is 19.8 Å². The Labute approximate surface area is 101 Å². The average molecular weight is 241 g/mol.